The summed E-state index contributed by atoms with van der Waals surface area (Å²) < 4.78 is 10.8. The Balaban J connectivity index is 1.35. The first kappa shape index (κ1) is 18.5. The number of fused-ring (bicyclic) bond motifs is 1. The molecule has 1 spiro atoms. The van der Waals surface area contributed by atoms with Gasteiger partial charge in [0.25, 0.3) is 5.91 Å². The van der Waals surface area contributed by atoms with E-state index in [-0.39, 0.29) is 19.1 Å². The lowest BCUT2D eigenvalue weighted by Crippen LogP contribution is -2.49. The van der Waals surface area contributed by atoms with Gasteiger partial charge in [-0.05, 0) is 43.7 Å². The molecule has 2 fully saturated rings. The molecule has 2 aliphatic rings. The maximum Gasteiger partial charge on any atom is 0.326 e. The summed E-state index contributed by atoms with van der Waals surface area (Å²) in [5, 5.41) is 3.75. The van der Waals surface area contributed by atoms with E-state index in [9.17, 15) is 14.4 Å². The number of hydrogen-bond donors (Lipinski definition) is 1. The number of carbonyl (C=O) groups is 3. The van der Waals surface area contributed by atoms with Gasteiger partial charge in [-0.25, -0.2) is 4.79 Å². The molecule has 1 aliphatic heterocycles. The van der Waals surface area contributed by atoms with Crippen LogP contribution in [0, 0.1) is 5.92 Å². The van der Waals surface area contributed by atoms with Crippen LogP contribution >= 0.6 is 0 Å². The Hall–Kier alpha value is -2.83. The van der Waals surface area contributed by atoms with Crippen molar-refractivity contribution < 1.29 is 23.5 Å². The van der Waals surface area contributed by atoms with Crippen molar-refractivity contribution in [1.82, 2.24) is 10.2 Å². The molecule has 4 rings (SSSR count). The van der Waals surface area contributed by atoms with E-state index in [1.165, 1.54) is 0 Å². The average Bonchev–Trinajstić information content (AvgIpc) is 3.21. The van der Waals surface area contributed by atoms with Crippen molar-refractivity contribution >= 4 is 28.9 Å². The van der Waals surface area contributed by atoms with Crippen LogP contribution in [0.4, 0.5) is 4.79 Å². The summed E-state index contributed by atoms with van der Waals surface area (Å²) in [6.07, 6.45) is 4.15. The maximum atomic E-state index is 12.8. The van der Waals surface area contributed by atoms with Crippen LogP contribution in [0.5, 0.6) is 0 Å². The van der Waals surface area contributed by atoms with E-state index in [1.807, 2.05) is 24.3 Å². The van der Waals surface area contributed by atoms with Gasteiger partial charge in [0.15, 0.2) is 0 Å². The molecule has 2 aromatic rings. The Kier molecular flexibility index (Phi) is 4.83. The smallest absolute Gasteiger partial charge is 0.326 e. The minimum absolute atomic E-state index is 0.0412. The van der Waals surface area contributed by atoms with Gasteiger partial charge in [-0.1, -0.05) is 31.5 Å². The Labute approximate surface area is 163 Å². The molecule has 0 unspecified atom stereocenters. The predicted molar refractivity (Wildman–Crippen MR) is 101 cm³/mol. The first-order valence-electron chi connectivity index (χ1n) is 9.78. The van der Waals surface area contributed by atoms with Gasteiger partial charge in [0.2, 0.25) is 0 Å². The second-order valence-electron chi connectivity index (χ2n) is 7.67. The van der Waals surface area contributed by atoms with E-state index in [1.54, 1.807) is 6.07 Å². The lowest BCUT2D eigenvalue weighted by atomic mass is 9.75. The van der Waals surface area contributed by atoms with Gasteiger partial charge in [-0.3, -0.25) is 14.5 Å². The fourth-order valence-corrected chi connectivity index (χ4v) is 4.17. The monoisotopic (exact) mass is 384 g/mol. The highest BCUT2D eigenvalue weighted by Crippen LogP contribution is 2.37. The molecule has 0 bridgehead atoms. The summed E-state index contributed by atoms with van der Waals surface area (Å²) >= 11 is 0. The number of urea groups is 1. The molecule has 7 heteroatoms. The molecule has 0 atom stereocenters. The SMILES string of the molecule is CCC1CCC2(CC1)NC(=O)N(CC(=O)OCc1cc3ccccc3o1)C2=O. The fraction of sp³-hybridized carbons (Fsp3) is 0.476. The van der Waals surface area contributed by atoms with Crippen molar-refractivity contribution in [2.75, 3.05) is 6.54 Å². The lowest BCUT2D eigenvalue weighted by Gasteiger charge is -2.34. The topological polar surface area (TPSA) is 88.8 Å². The summed E-state index contributed by atoms with van der Waals surface area (Å²) in [6, 6.07) is 8.79. The lowest BCUT2D eigenvalue weighted by molar-refractivity contribution is -0.149. The van der Waals surface area contributed by atoms with Gasteiger partial charge in [0.05, 0.1) is 0 Å². The number of nitrogens with one attached hydrogen (secondary N) is 1. The van der Waals surface area contributed by atoms with Crippen molar-refractivity contribution in [3.63, 3.8) is 0 Å². The van der Waals surface area contributed by atoms with Crippen LogP contribution in [0.25, 0.3) is 11.0 Å². The third-order valence-corrected chi connectivity index (χ3v) is 5.92. The zero-order chi connectivity index (χ0) is 19.7. The van der Waals surface area contributed by atoms with Crippen LogP contribution in [0.1, 0.15) is 44.8 Å². The Bertz CT molecular complexity index is 877. The Morgan fingerprint density at radius 1 is 1.29 bits per heavy atom. The number of ether oxygens (including phenoxy) is 1. The summed E-state index contributed by atoms with van der Waals surface area (Å²) in [6.45, 7) is 1.71. The number of esters is 1. The second kappa shape index (κ2) is 7.30. The third-order valence-electron chi connectivity index (χ3n) is 5.92. The van der Waals surface area contributed by atoms with Crippen LogP contribution in [-0.4, -0.2) is 34.9 Å². The number of para-hydroxylation sites is 1. The van der Waals surface area contributed by atoms with Crippen LogP contribution < -0.4 is 5.32 Å². The van der Waals surface area contributed by atoms with E-state index in [0.29, 0.717) is 30.1 Å². The van der Waals surface area contributed by atoms with Gasteiger partial charge in [-0.2, -0.15) is 0 Å². The number of rotatable bonds is 5. The number of nitrogens with zero attached hydrogens (tertiary/aromatic N) is 1. The average molecular weight is 384 g/mol. The van der Waals surface area contributed by atoms with E-state index in [4.69, 9.17) is 9.15 Å². The fourth-order valence-electron chi connectivity index (χ4n) is 4.17. The highest BCUT2D eigenvalue weighted by molar-refractivity contribution is 6.08. The number of amides is 3. The van der Waals surface area contributed by atoms with Crippen molar-refractivity contribution in [1.29, 1.82) is 0 Å². The van der Waals surface area contributed by atoms with Gasteiger partial charge < -0.3 is 14.5 Å². The van der Waals surface area contributed by atoms with Crippen LogP contribution in [-0.2, 0) is 20.9 Å². The first-order chi connectivity index (χ1) is 13.5. The number of hydrogen-bond acceptors (Lipinski definition) is 5. The van der Waals surface area contributed by atoms with E-state index in [2.05, 4.69) is 12.2 Å². The molecule has 2 heterocycles. The zero-order valence-corrected chi connectivity index (χ0v) is 15.9. The number of imide groups is 1. The number of furan rings is 1. The summed E-state index contributed by atoms with van der Waals surface area (Å²) in [4.78, 5) is 38.3. The highest BCUT2D eigenvalue weighted by Gasteiger charge is 2.52. The molecule has 0 radical (unpaired) electrons. The molecule has 1 saturated carbocycles. The van der Waals surface area contributed by atoms with Crippen LogP contribution in [0.15, 0.2) is 34.7 Å². The summed E-state index contributed by atoms with van der Waals surface area (Å²) in [7, 11) is 0. The van der Waals surface area contributed by atoms with E-state index >= 15 is 0 Å². The first-order valence-corrected chi connectivity index (χ1v) is 9.78. The standard InChI is InChI=1S/C21H24N2O5/c1-2-14-7-9-21(10-8-14)19(25)23(20(26)22-21)12-18(24)27-13-16-11-15-5-3-4-6-17(15)28-16/h3-6,11,14H,2,7-10,12-13H2,1H3,(H,22,26). The van der Waals surface area contributed by atoms with Crippen molar-refractivity contribution in [2.24, 2.45) is 5.92 Å². The van der Waals surface area contributed by atoms with Crippen molar-refractivity contribution in [3.05, 3.63) is 36.1 Å². The normalized spacial score (nSPS) is 24.8. The summed E-state index contributed by atoms with van der Waals surface area (Å²) in [5.74, 6) is 0.162. The second-order valence-corrected chi connectivity index (χ2v) is 7.67. The molecule has 1 N–H and O–H groups in total. The predicted octanol–water partition coefficient (Wildman–Crippen LogP) is 3.37. The molecule has 7 nitrogen and oxygen atoms in total. The maximum absolute atomic E-state index is 12.8. The van der Waals surface area contributed by atoms with Gasteiger partial charge in [-0.15, -0.1) is 0 Å². The van der Waals surface area contributed by atoms with Gasteiger partial charge in [0.1, 0.15) is 30.0 Å². The van der Waals surface area contributed by atoms with Crippen molar-refractivity contribution in [2.45, 2.75) is 51.2 Å². The Morgan fingerprint density at radius 3 is 2.75 bits per heavy atom. The molecule has 1 aromatic carbocycles. The van der Waals surface area contributed by atoms with Crippen molar-refractivity contribution in [3.8, 4) is 0 Å². The molecule has 1 saturated heterocycles. The van der Waals surface area contributed by atoms with Crippen LogP contribution in [0.3, 0.4) is 0 Å². The molecular weight excluding hydrogens is 360 g/mol. The van der Waals surface area contributed by atoms with Gasteiger partial charge in [0, 0.05) is 5.39 Å². The van der Waals surface area contributed by atoms with Gasteiger partial charge >= 0.3 is 12.0 Å². The minimum atomic E-state index is -0.845. The molecule has 3 amide bonds. The van der Waals surface area contributed by atoms with E-state index < -0.39 is 17.5 Å². The number of benzene rings is 1. The molecule has 28 heavy (non-hydrogen) atoms. The minimum Gasteiger partial charge on any atom is -0.457 e. The molecule has 148 valence electrons. The molecule has 1 aromatic heterocycles. The summed E-state index contributed by atoms with van der Waals surface area (Å²) in [5.41, 5.74) is -0.130. The van der Waals surface area contributed by atoms with E-state index in [0.717, 1.165) is 29.5 Å². The largest absolute Gasteiger partial charge is 0.457 e. The molecule has 1 aliphatic carbocycles. The quantitative estimate of drug-likeness (QED) is 0.631. The third kappa shape index (κ3) is 3.37. The van der Waals surface area contributed by atoms with Crippen LogP contribution in [0.2, 0.25) is 0 Å². The highest BCUT2D eigenvalue weighted by atomic mass is 16.5. The Morgan fingerprint density at radius 2 is 2.04 bits per heavy atom. The zero-order valence-electron chi connectivity index (χ0n) is 15.9. The molecular formula is C21H24N2O5. The number of carbonyl (C=O) groups excluding carboxylic acids is 3.